The van der Waals surface area contributed by atoms with E-state index in [0.717, 1.165) is 38.2 Å². The maximum atomic E-state index is 5.32. The number of aromatic nitrogens is 2. The average Bonchev–Trinajstić information content (AvgIpc) is 3.19. The summed E-state index contributed by atoms with van der Waals surface area (Å²) in [6.45, 7) is 6.05. The van der Waals surface area contributed by atoms with Gasteiger partial charge in [-0.15, -0.1) is 0 Å². The quantitative estimate of drug-likeness (QED) is 0.619. The van der Waals surface area contributed by atoms with E-state index in [4.69, 9.17) is 4.42 Å². The van der Waals surface area contributed by atoms with Gasteiger partial charge in [0.25, 0.3) is 0 Å². The Hall–Kier alpha value is -2.53. The van der Waals surface area contributed by atoms with Crippen molar-refractivity contribution >= 4 is 29.7 Å². The largest absolute Gasteiger partial charge is 0.465 e. The predicted molar refractivity (Wildman–Crippen MR) is 99.1 cm³/mol. The van der Waals surface area contributed by atoms with Crippen molar-refractivity contribution in [2.24, 2.45) is 4.99 Å². The topological polar surface area (TPSA) is 54.2 Å². The van der Waals surface area contributed by atoms with Crippen LogP contribution in [0.4, 0.5) is 5.69 Å². The minimum absolute atomic E-state index is 0.825. The second kappa shape index (κ2) is 7.36. The first kappa shape index (κ1) is 16.3. The maximum absolute atomic E-state index is 5.32. The molecule has 2 heterocycles. The zero-order valence-electron chi connectivity index (χ0n) is 13.9. The minimum Gasteiger partial charge on any atom is -0.465 e. The summed E-state index contributed by atoms with van der Waals surface area (Å²) in [7, 11) is 0. The molecular weight excluding hydrogens is 318 g/mol. The van der Waals surface area contributed by atoms with Gasteiger partial charge < -0.3 is 4.42 Å². The lowest BCUT2D eigenvalue weighted by Gasteiger charge is -2.05. The molecule has 0 aliphatic carbocycles. The van der Waals surface area contributed by atoms with Gasteiger partial charge in [-0.3, -0.25) is 10.1 Å². The van der Waals surface area contributed by atoms with Crippen molar-refractivity contribution in [3.63, 3.8) is 0 Å². The molecule has 2 aromatic heterocycles. The molecule has 0 atom stereocenters. The molecule has 0 radical (unpaired) electrons. The Labute approximate surface area is 145 Å². The fourth-order valence-electron chi connectivity index (χ4n) is 2.26. The van der Waals surface area contributed by atoms with Gasteiger partial charge in [0.1, 0.15) is 5.76 Å². The predicted octanol–water partition coefficient (Wildman–Crippen LogP) is 5.58. The zero-order valence-corrected chi connectivity index (χ0v) is 14.7. The highest BCUT2D eigenvalue weighted by molar-refractivity contribution is 7.99. The molecule has 0 aliphatic heterocycles. The number of aliphatic imine (C=N–C) groups is 1. The molecule has 0 amide bonds. The molecular formula is C19H19N3OS. The van der Waals surface area contributed by atoms with Gasteiger partial charge in [-0.2, -0.15) is 5.10 Å². The molecule has 0 bridgehead atoms. The highest BCUT2D eigenvalue weighted by atomic mass is 32.2. The summed E-state index contributed by atoms with van der Waals surface area (Å²) in [5.41, 5.74) is 4.05. The third-order valence-corrected chi connectivity index (χ3v) is 4.83. The lowest BCUT2D eigenvalue weighted by molar-refractivity contribution is 0.557. The molecule has 0 spiro atoms. The fourth-order valence-corrected chi connectivity index (χ4v) is 3.24. The molecule has 0 unspecified atom stereocenters. The Bertz CT molecular complexity index is 856. The van der Waals surface area contributed by atoms with Crippen LogP contribution in [0.15, 0.2) is 67.4 Å². The molecule has 0 saturated carbocycles. The molecule has 5 heteroatoms. The van der Waals surface area contributed by atoms with Gasteiger partial charge in [0.05, 0.1) is 22.5 Å². The lowest BCUT2D eigenvalue weighted by Crippen LogP contribution is -1.81. The van der Waals surface area contributed by atoms with Crippen molar-refractivity contribution in [3.05, 3.63) is 65.4 Å². The van der Waals surface area contributed by atoms with Gasteiger partial charge in [-0.25, -0.2) is 0 Å². The van der Waals surface area contributed by atoms with Crippen molar-refractivity contribution in [2.75, 3.05) is 0 Å². The molecule has 3 rings (SSSR count). The van der Waals surface area contributed by atoms with Crippen LogP contribution in [0.5, 0.6) is 0 Å². The Morgan fingerprint density at radius 2 is 2.04 bits per heavy atom. The van der Waals surface area contributed by atoms with Gasteiger partial charge in [-0.05, 0) is 56.7 Å². The van der Waals surface area contributed by atoms with Gasteiger partial charge in [0.2, 0.25) is 0 Å². The fraction of sp³-hybridized carbons (Fsp3) is 0.158. The number of para-hydroxylation sites is 1. The number of hydrogen-bond donors (Lipinski definition) is 1. The third kappa shape index (κ3) is 3.86. The van der Waals surface area contributed by atoms with Gasteiger partial charge in [-0.1, -0.05) is 23.9 Å². The van der Waals surface area contributed by atoms with Crippen LogP contribution in [0.1, 0.15) is 24.1 Å². The van der Waals surface area contributed by atoms with Crippen LogP contribution in [0.25, 0.3) is 6.08 Å². The molecule has 0 aliphatic rings. The van der Waals surface area contributed by atoms with Crippen molar-refractivity contribution in [1.29, 1.82) is 0 Å². The Balaban J connectivity index is 1.83. The Morgan fingerprint density at radius 1 is 1.21 bits per heavy atom. The highest BCUT2D eigenvalue weighted by Gasteiger charge is 2.10. The summed E-state index contributed by atoms with van der Waals surface area (Å²) in [5, 5.41) is 7.28. The second-order valence-corrected chi connectivity index (χ2v) is 6.55. The first-order valence-electron chi connectivity index (χ1n) is 7.68. The normalized spacial score (nSPS) is 12.2. The van der Waals surface area contributed by atoms with Crippen LogP contribution in [0, 0.1) is 13.8 Å². The van der Waals surface area contributed by atoms with Crippen LogP contribution < -0.4 is 0 Å². The summed E-state index contributed by atoms with van der Waals surface area (Å²) in [6, 6.07) is 11.9. The van der Waals surface area contributed by atoms with Crippen LogP contribution in [-0.4, -0.2) is 16.4 Å². The van der Waals surface area contributed by atoms with E-state index in [0.29, 0.717) is 0 Å². The number of furan rings is 1. The second-order valence-electron chi connectivity index (χ2n) is 5.49. The molecule has 1 N–H and O–H groups in total. The summed E-state index contributed by atoms with van der Waals surface area (Å²) < 4.78 is 5.32. The lowest BCUT2D eigenvalue weighted by atomic mass is 10.2. The molecule has 4 nitrogen and oxygen atoms in total. The first-order chi connectivity index (χ1) is 11.6. The Kier molecular flexibility index (Phi) is 5.01. The van der Waals surface area contributed by atoms with E-state index in [1.807, 2.05) is 63.4 Å². The number of nitrogens with one attached hydrogen (secondary N) is 1. The van der Waals surface area contributed by atoms with E-state index in [1.165, 1.54) is 0 Å². The van der Waals surface area contributed by atoms with E-state index in [1.54, 1.807) is 18.0 Å². The third-order valence-electron chi connectivity index (χ3n) is 3.46. The number of benzene rings is 1. The molecule has 0 saturated heterocycles. The maximum Gasteiger partial charge on any atom is 0.126 e. The number of aromatic amines is 1. The SMILES string of the molecule is CC(C=Nc1ccccc1Sc1c(C)n[nH]c1C)=Cc1ccco1. The summed E-state index contributed by atoms with van der Waals surface area (Å²) >= 11 is 1.69. The van der Waals surface area contributed by atoms with Crippen molar-refractivity contribution in [3.8, 4) is 0 Å². The molecule has 24 heavy (non-hydrogen) atoms. The first-order valence-corrected chi connectivity index (χ1v) is 8.49. The van der Waals surface area contributed by atoms with Crippen LogP contribution >= 0.6 is 11.8 Å². The van der Waals surface area contributed by atoms with E-state index in [9.17, 15) is 0 Å². The molecule has 122 valence electrons. The number of allylic oxidation sites excluding steroid dienone is 1. The standard InChI is InChI=1S/C19H19N3OS/c1-13(11-16-7-6-10-23-16)12-20-17-8-4-5-9-18(17)24-19-14(2)21-22-15(19)3/h4-12H,1-3H3,(H,21,22). The minimum atomic E-state index is 0.825. The average molecular weight is 337 g/mol. The van der Waals surface area contributed by atoms with E-state index in [2.05, 4.69) is 21.3 Å². The van der Waals surface area contributed by atoms with Crippen molar-refractivity contribution in [2.45, 2.75) is 30.6 Å². The number of aryl methyl sites for hydroxylation is 2. The van der Waals surface area contributed by atoms with Gasteiger partial charge >= 0.3 is 0 Å². The number of nitrogens with zero attached hydrogens (tertiary/aromatic N) is 2. The summed E-state index contributed by atoms with van der Waals surface area (Å²) in [4.78, 5) is 6.90. The Morgan fingerprint density at radius 3 is 2.75 bits per heavy atom. The monoisotopic (exact) mass is 337 g/mol. The van der Waals surface area contributed by atoms with Gasteiger partial charge in [0.15, 0.2) is 0 Å². The number of rotatable bonds is 5. The smallest absolute Gasteiger partial charge is 0.126 e. The summed E-state index contributed by atoms with van der Waals surface area (Å²) in [5.74, 6) is 0.825. The van der Waals surface area contributed by atoms with Gasteiger partial charge in [0, 0.05) is 16.8 Å². The summed E-state index contributed by atoms with van der Waals surface area (Å²) in [6.07, 6.45) is 5.48. The zero-order chi connectivity index (χ0) is 16.9. The van der Waals surface area contributed by atoms with E-state index < -0.39 is 0 Å². The molecule has 3 aromatic rings. The number of hydrogen-bond acceptors (Lipinski definition) is 4. The van der Waals surface area contributed by atoms with E-state index in [-0.39, 0.29) is 0 Å². The van der Waals surface area contributed by atoms with E-state index >= 15 is 0 Å². The van der Waals surface area contributed by atoms with Crippen LogP contribution in [0.3, 0.4) is 0 Å². The molecule has 0 fully saturated rings. The number of H-pyrrole nitrogens is 1. The van der Waals surface area contributed by atoms with Crippen LogP contribution in [0.2, 0.25) is 0 Å². The van der Waals surface area contributed by atoms with Crippen molar-refractivity contribution in [1.82, 2.24) is 10.2 Å². The molecule has 1 aromatic carbocycles. The van der Waals surface area contributed by atoms with Crippen LogP contribution in [-0.2, 0) is 0 Å². The highest BCUT2D eigenvalue weighted by Crippen LogP contribution is 2.37. The van der Waals surface area contributed by atoms with Crippen molar-refractivity contribution < 1.29 is 4.42 Å².